The number of nitrogens with two attached hydrogens (primary N) is 1. The van der Waals surface area contributed by atoms with E-state index in [-0.39, 0.29) is 0 Å². The van der Waals surface area contributed by atoms with E-state index in [0.29, 0.717) is 6.54 Å². The van der Waals surface area contributed by atoms with Crippen molar-refractivity contribution in [1.82, 2.24) is 0 Å². The molecule has 0 aliphatic rings. The first-order valence-corrected chi connectivity index (χ1v) is 7.04. The second kappa shape index (κ2) is 5.79. The van der Waals surface area contributed by atoms with Crippen molar-refractivity contribution < 1.29 is 0 Å². The van der Waals surface area contributed by atoms with Crippen LogP contribution in [0.4, 0.5) is 0 Å². The van der Waals surface area contributed by atoms with Gasteiger partial charge in [-0.3, -0.25) is 0 Å². The lowest BCUT2D eigenvalue weighted by Crippen LogP contribution is -1.99. The lowest BCUT2D eigenvalue weighted by molar-refractivity contribution is 1.03. The Bertz CT molecular complexity index is 566. The molecule has 0 aliphatic carbocycles. The molecule has 0 amide bonds. The predicted octanol–water partition coefficient (Wildman–Crippen LogP) is 4.57. The van der Waals surface area contributed by atoms with Gasteiger partial charge in [0.25, 0.3) is 0 Å². The van der Waals surface area contributed by atoms with Gasteiger partial charge in [0.15, 0.2) is 0 Å². The molecule has 0 bridgehead atoms. The van der Waals surface area contributed by atoms with E-state index in [1.807, 2.05) is 12.1 Å². The molecule has 0 aliphatic heterocycles. The van der Waals surface area contributed by atoms with Crippen LogP contribution >= 0.6 is 23.4 Å². The van der Waals surface area contributed by atoms with Crippen molar-refractivity contribution in [2.24, 2.45) is 5.73 Å². The van der Waals surface area contributed by atoms with E-state index >= 15 is 0 Å². The number of rotatable bonds is 3. The van der Waals surface area contributed by atoms with Gasteiger partial charge < -0.3 is 5.73 Å². The summed E-state index contributed by atoms with van der Waals surface area (Å²) in [5.74, 6) is 0. The highest BCUT2D eigenvalue weighted by molar-refractivity contribution is 7.99. The SMILES string of the molecule is Cc1ccc(C)c(Sc2cccc(Cl)c2CN)c1. The largest absolute Gasteiger partial charge is 0.326 e. The average molecular weight is 278 g/mol. The van der Waals surface area contributed by atoms with Gasteiger partial charge in [0, 0.05) is 21.4 Å². The lowest BCUT2D eigenvalue weighted by atomic mass is 10.2. The number of hydrogen-bond acceptors (Lipinski definition) is 2. The predicted molar refractivity (Wildman–Crippen MR) is 79.4 cm³/mol. The quantitative estimate of drug-likeness (QED) is 0.890. The van der Waals surface area contributed by atoms with Crippen molar-refractivity contribution in [3.05, 3.63) is 58.1 Å². The molecule has 2 aromatic rings. The zero-order valence-corrected chi connectivity index (χ0v) is 12.1. The lowest BCUT2D eigenvalue weighted by Gasteiger charge is -2.11. The summed E-state index contributed by atoms with van der Waals surface area (Å²) in [6.45, 7) is 4.69. The van der Waals surface area contributed by atoms with Crippen molar-refractivity contribution in [2.75, 3.05) is 0 Å². The van der Waals surface area contributed by atoms with Crippen LogP contribution in [0.5, 0.6) is 0 Å². The fraction of sp³-hybridized carbons (Fsp3) is 0.200. The molecule has 3 heteroatoms. The summed E-state index contributed by atoms with van der Waals surface area (Å²) >= 11 is 7.90. The number of aryl methyl sites for hydroxylation is 2. The van der Waals surface area contributed by atoms with Gasteiger partial charge >= 0.3 is 0 Å². The van der Waals surface area contributed by atoms with Crippen molar-refractivity contribution in [3.63, 3.8) is 0 Å². The Hall–Kier alpha value is -0.960. The molecule has 0 heterocycles. The van der Waals surface area contributed by atoms with Gasteiger partial charge in [-0.1, -0.05) is 41.6 Å². The number of benzene rings is 2. The minimum absolute atomic E-state index is 0.465. The summed E-state index contributed by atoms with van der Waals surface area (Å²) < 4.78 is 0. The van der Waals surface area contributed by atoms with Crippen LogP contribution in [0.3, 0.4) is 0 Å². The van der Waals surface area contributed by atoms with Gasteiger partial charge in [-0.15, -0.1) is 0 Å². The Kier molecular flexibility index (Phi) is 4.33. The Morgan fingerprint density at radius 1 is 1.11 bits per heavy atom. The molecule has 0 radical (unpaired) electrons. The molecule has 1 nitrogen and oxygen atoms in total. The van der Waals surface area contributed by atoms with Crippen molar-refractivity contribution in [1.29, 1.82) is 0 Å². The highest BCUT2D eigenvalue weighted by atomic mass is 35.5. The van der Waals surface area contributed by atoms with Crippen molar-refractivity contribution in [2.45, 2.75) is 30.2 Å². The Labute approximate surface area is 117 Å². The van der Waals surface area contributed by atoms with Crippen LogP contribution in [0.15, 0.2) is 46.2 Å². The van der Waals surface area contributed by atoms with Crippen LogP contribution in [-0.4, -0.2) is 0 Å². The Morgan fingerprint density at radius 2 is 1.89 bits per heavy atom. The third kappa shape index (κ3) is 2.89. The van der Waals surface area contributed by atoms with Gasteiger partial charge in [0.2, 0.25) is 0 Å². The highest BCUT2D eigenvalue weighted by Gasteiger charge is 2.08. The Morgan fingerprint density at radius 3 is 2.61 bits per heavy atom. The zero-order valence-electron chi connectivity index (χ0n) is 10.5. The molecule has 0 saturated heterocycles. The second-order valence-electron chi connectivity index (χ2n) is 4.29. The maximum absolute atomic E-state index is 6.17. The molecule has 2 aromatic carbocycles. The number of hydrogen-bond donors (Lipinski definition) is 1. The smallest absolute Gasteiger partial charge is 0.0462 e. The van der Waals surface area contributed by atoms with E-state index < -0.39 is 0 Å². The first-order chi connectivity index (χ1) is 8.61. The van der Waals surface area contributed by atoms with E-state index in [9.17, 15) is 0 Å². The van der Waals surface area contributed by atoms with Gasteiger partial charge in [-0.25, -0.2) is 0 Å². The van der Waals surface area contributed by atoms with E-state index in [4.69, 9.17) is 17.3 Å². The second-order valence-corrected chi connectivity index (χ2v) is 5.78. The molecule has 0 fully saturated rings. The van der Waals surface area contributed by atoms with E-state index in [2.05, 4.69) is 38.1 Å². The molecule has 0 saturated carbocycles. The molecule has 18 heavy (non-hydrogen) atoms. The summed E-state index contributed by atoms with van der Waals surface area (Å²) in [5.41, 5.74) is 9.33. The van der Waals surface area contributed by atoms with Crippen LogP contribution in [0, 0.1) is 13.8 Å². The molecule has 94 valence electrons. The fourth-order valence-corrected chi connectivity index (χ4v) is 3.25. The normalized spacial score (nSPS) is 10.7. The molecular formula is C15H16ClNS. The maximum atomic E-state index is 6.17. The minimum Gasteiger partial charge on any atom is -0.326 e. The van der Waals surface area contributed by atoms with Crippen LogP contribution in [0.25, 0.3) is 0 Å². The van der Waals surface area contributed by atoms with Gasteiger partial charge in [0.1, 0.15) is 0 Å². The van der Waals surface area contributed by atoms with E-state index in [1.165, 1.54) is 16.0 Å². The topological polar surface area (TPSA) is 26.0 Å². The standard InChI is InChI=1S/C15H16ClNS/c1-10-6-7-11(2)15(8-10)18-14-5-3-4-13(16)12(14)9-17/h3-8H,9,17H2,1-2H3. The molecule has 2 N–H and O–H groups in total. The first-order valence-electron chi connectivity index (χ1n) is 5.84. The van der Waals surface area contributed by atoms with Gasteiger partial charge in [-0.05, 0) is 48.7 Å². The molecule has 2 rings (SSSR count). The molecule has 0 unspecified atom stereocenters. The number of halogens is 1. The summed E-state index contributed by atoms with van der Waals surface area (Å²) in [5, 5.41) is 0.743. The van der Waals surface area contributed by atoms with Crippen LogP contribution in [0.2, 0.25) is 5.02 Å². The maximum Gasteiger partial charge on any atom is 0.0462 e. The van der Waals surface area contributed by atoms with Gasteiger partial charge in [-0.2, -0.15) is 0 Å². The monoisotopic (exact) mass is 277 g/mol. The molecule has 0 spiro atoms. The summed E-state index contributed by atoms with van der Waals surface area (Å²) in [6, 6.07) is 12.4. The minimum atomic E-state index is 0.465. The molecule has 0 atom stereocenters. The summed E-state index contributed by atoms with van der Waals surface area (Å²) in [4.78, 5) is 2.39. The van der Waals surface area contributed by atoms with Crippen molar-refractivity contribution in [3.8, 4) is 0 Å². The summed E-state index contributed by atoms with van der Waals surface area (Å²) in [6.07, 6.45) is 0. The van der Waals surface area contributed by atoms with E-state index in [0.717, 1.165) is 15.5 Å². The highest BCUT2D eigenvalue weighted by Crippen LogP contribution is 2.35. The van der Waals surface area contributed by atoms with Gasteiger partial charge in [0.05, 0.1) is 0 Å². The van der Waals surface area contributed by atoms with Crippen LogP contribution in [-0.2, 0) is 6.54 Å². The third-order valence-electron chi connectivity index (χ3n) is 2.84. The van der Waals surface area contributed by atoms with Crippen LogP contribution < -0.4 is 5.73 Å². The average Bonchev–Trinajstić information content (AvgIpc) is 2.34. The first kappa shape index (κ1) is 13.5. The molecule has 0 aromatic heterocycles. The zero-order chi connectivity index (χ0) is 13.1. The van der Waals surface area contributed by atoms with E-state index in [1.54, 1.807) is 11.8 Å². The fourth-order valence-electron chi connectivity index (χ4n) is 1.77. The van der Waals surface area contributed by atoms with Crippen molar-refractivity contribution >= 4 is 23.4 Å². The molecular weight excluding hydrogens is 262 g/mol. The third-order valence-corrected chi connectivity index (χ3v) is 4.46. The summed E-state index contributed by atoms with van der Waals surface area (Å²) in [7, 11) is 0. The van der Waals surface area contributed by atoms with Crippen LogP contribution in [0.1, 0.15) is 16.7 Å². The Balaban J connectivity index is 2.40.